The highest BCUT2D eigenvalue weighted by molar-refractivity contribution is 6.11. The first-order valence-corrected chi connectivity index (χ1v) is 10.5. The number of benzene rings is 3. The number of nitrogens with two attached hydrogens (primary N) is 1. The van der Waals surface area contributed by atoms with Gasteiger partial charge in [-0.15, -0.1) is 0 Å². The lowest BCUT2D eigenvalue weighted by Gasteiger charge is -2.23. The van der Waals surface area contributed by atoms with Crippen LogP contribution in [-0.4, -0.2) is 30.2 Å². The van der Waals surface area contributed by atoms with Crippen LogP contribution in [0.2, 0.25) is 0 Å². The van der Waals surface area contributed by atoms with Crippen molar-refractivity contribution in [1.82, 2.24) is 0 Å². The Balaban J connectivity index is 1.42. The van der Waals surface area contributed by atoms with E-state index in [1.54, 1.807) is 12.1 Å². The van der Waals surface area contributed by atoms with Gasteiger partial charge >= 0.3 is 0 Å². The van der Waals surface area contributed by atoms with E-state index in [1.807, 2.05) is 47.4 Å². The quantitative estimate of drug-likeness (QED) is 0.290. The molecule has 0 fully saturated rings. The summed E-state index contributed by atoms with van der Waals surface area (Å²) in [6.45, 7) is 1.35. The molecule has 3 heterocycles. The Morgan fingerprint density at radius 2 is 1.88 bits per heavy atom. The molecule has 1 unspecified atom stereocenters. The minimum atomic E-state index is -0.850. The second-order valence-corrected chi connectivity index (χ2v) is 8.34. The maximum absolute atomic E-state index is 14.0. The molecule has 0 saturated heterocycles. The molecule has 0 radical (unpaired) electrons. The second kappa shape index (κ2) is 6.75. The highest BCUT2D eigenvalue weighted by Crippen LogP contribution is 2.54. The van der Waals surface area contributed by atoms with Crippen molar-refractivity contribution in [1.29, 1.82) is 0 Å². The molecule has 0 aromatic heterocycles. The van der Waals surface area contributed by atoms with E-state index < -0.39 is 5.41 Å². The molecule has 1 spiro atoms. The Morgan fingerprint density at radius 1 is 1.06 bits per heavy atom. The van der Waals surface area contributed by atoms with Crippen LogP contribution in [0.15, 0.2) is 65.8 Å². The molecule has 3 aliphatic heterocycles. The third-order valence-corrected chi connectivity index (χ3v) is 6.66. The van der Waals surface area contributed by atoms with E-state index in [0.717, 1.165) is 45.9 Å². The van der Waals surface area contributed by atoms with Gasteiger partial charge in [-0.2, -0.15) is 0 Å². The zero-order chi connectivity index (χ0) is 21.9. The van der Waals surface area contributed by atoms with Gasteiger partial charge in [0.1, 0.15) is 23.5 Å². The number of anilines is 1. The van der Waals surface area contributed by atoms with Gasteiger partial charge in [-0.1, -0.05) is 47.6 Å². The van der Waals surface area contributed by atoms with Crippen molar-refractivity contribution in [2.24, 2.45) is 10.9 Å². The predicted molar refractivity (Wildman–Crippen MR) is 119 cm³/mol. The topological polar surface area (TPSA) is 97.4 Å². The van der Waals surface area contributed by atoms with Crippen LogP contribution in [0.4, 0.5) is 5.69 Å². The molecular formula is C25H21N3O4. The van der Waals surface area contributed by atoms with Gasteiger partial charge in [0.2, 0.25) is 5.91 Å². The fourth-order valence-electron chi connectivity index (χ4n) is 5.03. The van der Waals surface area contributed by atoms with Crippen molar-refractivity contribution in [3.05, 3.63) is 88.5 Å². The van der Waals surface area contributed by atoms with Crippen molar-refractivity contribution < 1.29 is 19.5 Å². The zero-order valence-corrected chi connectivity index (χ0v) is 17.2. The molecule has 0 bridgehead atoms. The lowest BCUT2D eigenvalue weighted by atomic mass is 9.76. The number of rotatable bonds is 3. The first kappa shape index (κ1) is 18.7. The number of amidine groups is 1. The molecule has 6 rings (SSSR count). The molecule has 0 saturated carbocycles. The summed E-state index contributed by atoms with van der Waals surface area (Å²) in [5, 5.41) is 11.9. The third kappa shape index (κ3) is 2.48. The van der Waals surface area contributed by atoms with Crippen LogP contribution in [0.1, 0.15) is 27.8 Å². The lowest BCUT2D eigenvalue weighted by molar-refractivity contribution is -0.122. The molecule has 7 nitrogen and oxygen atoms in total. The van der Waals surface area contributed by atoms with Crippen molar-refractivity contribution in [3.63, 3.8) is 0 Å². The number of hydrogen-bond donors (Lipinski definition) is 2. The van der Waals surface area contributed by atoms with Gasteiger partial charge in [-0.05, 0) is 28.8 Å². The van der Waals surface area contributed by atoms with Gasteiger partial charge in [0.05, 0.1) is 13.2 Å². The van der Waals surface area contributed by atoms with Crippen LogP contribution < -0.4 is 20.1 Å². The van der Waals surface area contributed by atoms with Crippen LogP contribution in [0.3, 0.4) is 0 Å². The summed E-state index contributed by atoms with van der Waals surface area (Å²) in [6, 6.07) is 19.3. The molecule has 160 valence electrons. The van der Waals surface area contributed by atoms with Crippen molar-refractivity contribution >= 4 is 17.4 Å². The number of carbonyl (C=O) groups excluding carboxylic acids is 1. The minimum absolute atomic E-state index is 0.0110. The number of amides is 1. The maximum atomic E-state index is 14.0. The molecular weight excluding hydrogens is 406 g/mol. The number of para-hydroxylation sites is 1. The van der Waals surface area contributed by atoms with Gasteiger partial charge in [0.25, 0.3) is 0 Å². The van der Waals surface area contributed by atoms with Gasteiger partial charge in [0.15, 0.2) is 5.84 Å². The lowest BCUT2D eigenvalue weighted by Crippen LogP contribution is -2.42. The van der Waals surface area contributed by atoms with E-state index in [1.165, 1.54) is 0 Å². The molecule has 1 atom stereocenters. The number of hydrogen-bond acceptors (Lipinski definition) is 5. The Labute approximate surface area is 184 Å². The molecule has 3 aliphatic rings. The first-order chi connectivity index (χ1) is 15.6. The van der Waals surface area contributed by atoms with Crippen LogP contribution in [-0.2, 0) is 23.2 Å². The summed E-state index contributed by atoms with van der Waals surface area (Å²) in [4.78, 5) is 15.8. The molecule has 3 aromatic carbocycles. The smallest absolute Gasteiger partial charge is 0.246 e. The molecule has 3 aromatic rings. The largest absolute Gasteiger partial charge is 0.493 e. The van der Waals surface area contributed by atoms with E-state index in [9.17, 15) is 4.79 Å². The molecule has 7 heteroatoms. The average molecular weight is 427 g/mol. The van der Waals surface area contributed by atoms with E-state index in [2.05, 4.69) is 11.2 Å². The molecule has 3 N–H and O–H groups in total. The standard InChI is InChI=1S/C25H21N3O4/c26-23(27-30)16-7-5-15(6-8-16)13-28-20-4-2-1-3-18(20)25(24(28)29)14-32-22-12-21-17(9-10-31-21)11-19(22)25/h1-8,11-12,30H,9-10,13-14H2,(H2,26,27). The van der Waals surface area contributed by atoms with E-state index in [4.69, 9.17) is 20.4 Å². The van der Waals surface area contributed by atoms with Gasteiger partial charge in [-0.3, -0.25) is 4.79 Å². The van der Waals surface area contributed by atoms with Crippen molar-refractivity contribution in [2.45, 2.75) is 18.4 Å². The second-order valence-electron chi connectivity index (χ2n) is 8.34. The third-order valence-electron chi connectivity index (χ3n) is 6.66. The Kier molecular flexibility index (Phi) is 3.95. The molecule has 1 amide bonds. The summed E-state index contributed by atoms with van der Waals surface area (Å²) in [7, 11) is 0. The average Bonchev–Trinajstić information content (AvgIpc) is 3.50. The summed E-state index contributed by atoms with van der Waals surface area (Å²) in [6.07, 6.45) is 0.838. The normalized spacial score (nSPS) is 20.7. The predicted octanol–water partition coefficient (Wildman–Crippen LogP) is 2.94. The number of oxime groups is 1. The van der Waals surface area contributed by atoms with Crippen LogP contribution in [0.5, 0.6) is 11.5 Å². The van der Waals surface area contributed by atoms with Crippen LogP contribution in [0, 0.1) is 0 Å². The summed E-state index contributed by atoms with van der Waals surface area (Å²) in [5.41, 5.74) is 10.3. The fourth-order valence-corrected chi connectivity index (χ4v) is 5.03. The summed E-state index contributed by atoms with van der Waals surface area (Å²) in [5.74, 6) is 1.63. The highest BCUT2D eigenvalue weighted by atomic mass is 16.5. The van der Waals surface area contributed by atoms with Crippen molar-refractivity contribution in [2.75, 3.05) is 18.1 Å². The van der Waals surface area contributed by atoms with Gasteiger partial charge in [-0.25, -0.2) is 0 Å². The van der Waals surface area contributed by atoms with Crippen LogP contribution in [0.25, 0.3) is 0 Å². The zero-order valence-electron chi connectivity index (χ0n) is 17.2. The van der Waals surface area contributed by atoms with Crippen LogP contribution >= 0.6 is 0 Å². The highest BCUT2D eigenvalue weighted by Gasteiger charge is 2.57. The monoisotopic (exact) mass is 427 g/mol. The summed E-state index contributed by atoms with van der Waals surface area (Å²) < 4.78 is 11.8. The number of carbonyl (C=O) groups is 1. The molecule has 32 heavy (non-hydrogen) atoms. The van der Waals surface area contributed by atoms with E-state index in [-0.39, 0.29) is 18.3 Å². The van der Waals surface area contributed by atoms with Gasteiger partial charge < -0.3 is 25.3 Å². The number of nitrogens with zero attached hydrogens (tertiary/aromatic N) is 2. The maximum Gasteiger partial charge on any atom is 0.246 e. The van der Waals surface area contributed by atoms with Crippen molar-refractivity contribution in [3.8, 4) is 11.5 Å². The van der Waals surface area contributed by atoms with E-state index >= 15 is 0 Å². The fraction of sp³-hybridized carbons (Fsp3) is 0.200. The Bertz CT molecular complexity index is 1280. The Morgan fingerprint density at radius 3 is 2.69 bits per heavy atom. The summed E-state index contributed by atoms with van der Waals surface area (Å²) >= 11 is 0. The SMILES string of the molecule is N/C(=N\O)c1ccc(CN2C(=O)C3(COc4cc5c(cc43)CCO5)c3ccccc32)cc1. The minimum Gasteiger partial charge on any atom is -0.493 e. The number of ether oxygens (including phenoxy) is 2. The Hall–Kier alpha value is -4.00. The molecule has 0 aliphatic carbocycles. The van der Waals surface area contributed by atoms with Gasteiger partial charge in [0, 0.05) is 29.3 Å². The first-order valence-electron chi connectivity index (χ1n) is 10.5. The number of fused-ring (bicyclic) bond motifs is 5. The van der Waals surface area contributed by atoms with E-state index in [0.29, 0.717) is 18.7 Å².